The highest BCUT2D eigenvalue weighted by atomic mass is 32.2. The van der Waals surface area contributed by atoms with Crippen LogP contribution in [-0.4, -0.2) is 54.2 Å². The molecule has 0 aromatic heterocycles. The maximum Gasteiger partial charge on any atom is 0.189 e. The molecule has 0 radical (unpaired) electrons. The summed E-state index contributed by atoms with van der Waals surface area (Å²) < 4.78 is 0.787. The fourth-order valence-electron chi connectivity index (χ4n) is 3.50. The van der Waals surface area contributed by atoms with Crippen LogP contribution in [0.2, 0.25) is 0 Å². The molecule has 0 aliphatic rings. The molecule has 0 aliphatic heterocycles. The van der Waals surface area contributed by atoms with E-state index in [0.29, 0.717) is 5.12 Å². The summed E-state index contributed by atoms with van der Waals surface area (Å²) in [7, 11) is 4.21. The van der Waals surface area contributed by atoms with Crippen molar-refractivity contribution in [1.82, 2.24) is 0 Å². The molecule has 0 saturated carbocycles. The van der Waals surface area contributed by atoms with E-state index in [1.54, 1.807) is 0 Å². The van der Waals surface area contributed by atoms with Crippen LogP contribution in [0, 0.1) is 0 Å². The third-order valence-electron chi connectivity index (χ3n) is 5.65. The van der Waals surface area contributed by atoms with Gasteiger partial charge in [-0.2, -0.15) is 0 Å². The summed E-state index contributed by atoms with van der Waals surface area (Å²) in [6.07, 6.45) is 21.2. The number of hydrogen-bond acceptors (Lipinski definition) is 3. The molecule has 28 heavy (non-hydrogen) atoms. The zero-order valence-electron chi connectivity index (χ0n) is 19.4. The van der Waals surface area contributed by atoms with Gasteiger partial charge in [0.1, 0.15) is 6.54 Å². The van der Waals surface area contributed by atoms with Gasteiger partial charge in [-0.05, 0) is 6.42 Å². The molecule has 0 fully saturated rings. The van der Waals surface area contributed by atoms with Crippen molar-refractivity contribution in [3.8, 4) is 0 Å². The van der Waals surface area contributed by atoms with Crippen molar-refractivity contribution in [3.63, 3.8) is 0 Å². The maximum atomic E-state index is 11.9. The fraction of sp³-hybridized carbons (Fsp3) is 0.958. The predicted molar refractivity (Wildman–Crippen MR) is 126 cm³/mol. The number of aliphatic hydroxyl groups excluding tert-OH is 1. The van der Waals surface area contributed by atoms with Gasteiger partial charge in [-0.1, -0.05) is 109 Å². The Labute approximate surface area is 180 Å². The third-order valence-corrected chi connectivity index (χ3v) is 6.56. The summed E-state index contributed by atoms with van der Waals surface area (Å²) in [4.78, 5) is 11.9. The van der Waals surface area contributed by atoms with Crippen LogP contribution in [-0.2, 0) is 4.79 Å². The lowest BCUT2D eigenvalue weighted by Crippen LogP contribution is -2.43. The van der Waals surface area contributed by atoms with Gasteiger partial charge in [0.2, 0.25) is 0 Å². The Balaban J connectivity index is 3.25. The quantitative estimate of drug-likeness (QED) is 0.170. The van der Waals surface area contributed by atoms with E-state index >= 15 is 0 Å². The van der Waals surface area contributed by atoms with Gasteiger partial charge < -0.3 is 9.59 Å². The molecule has 0 amide bonds. The zero-order chi connectivity index (χ0) is 20.9. The van der Waals surface area contributed by atoms with E-state index in [1.807, 2.05) is 0 Å². The second-order valence-corrected chi connectivity index (χ2v) is 10.2. The van der Waals surface area contributed by atoms with Gasteiger partial charge in [0.15, 0.2) is 5.12 Å². The van der Waals surface area contributed by atoms with Crippen LogP contribution in [0.25, 0.3) is 0 Å². The summed E-state index contributed by atoms with van der Waals surface area (Å²) in [5.74, 6) is 0.866. The number of thioether (sulfide) groups is 1. The standard InChI is InChI=1S/C24H50NO2S/c1-4-5-6-7-8-9-10-11-12-13-14-15-16-17-18-19-24(27)28-23-21-25(2,3)20-22-26/h26H,4-23H2,1-3H3/q+1. The van der Waals surface area contributed by atoms with Crippen LogP contribution in [0.4, 0.5) is 0 Å². The van der Waals surface area contributed by atoms with E-state index in [4.69, 9.17) is 5.11 Å². The van der Waals surface area contributed by atoms with Crippen molar-refractivity contribution < 1.29 is 14.4 Å². The Kier molecular flexibility index (Phi) is 20.2. The molecule has 0 atom stereocenters. The van der Waals surface area contributed by atoms with Crippen molar-refractivity contribution in [3.05, 3.63) is 0 Å². The molecule has 0 unspecified atom stereocenters. The van der Waals surface area contributed by atoms with Crippen molar-refractivity contribution in [2.45, 2.75) is 110 Å². The summed E-state index contributed by atoms with van der Waals surface area (Å²) >= 11 is 1.48. The molecule has 3 nitrogen and oxygen atoms in total. The second kappa shape index (κ2) is 20.2. The Morgan fingerprint density at radius 1 is 0.714 bits per heavy atom. The molecular weight excluding hydrogens is 366 g/mol. The van der Waals surface area contributed by atoms with Gasteiger partial charge in [0, 0.05) is 6.42 Å². The number of nitrogens with zero attached hydrogens (tertiary/aromatic N) is 1. The summed E-state index contributed by atoms with van der Waals surface area (Å²) in [6.45, 7) is 4.19. The average Bonchev–Trinajstić information content (AvgIpc) is 2.64. The molecule has 0 aliphatic carbocycles. The number of carbonyl (C=O) groups excluding carboxylic acids is 1. The maximum absolute atomic E-state index is 11.9. The Morgan fingerprint density at radius 3 is 1.57 bits per heavy atom. The first-order valence-corrected chi connectivity index (χ1v) is 13.1. The van der Waals surface area contributed by atoms with Crippen LogP contribution in [0.5, 0.6) is 0 Å². The molecule has 1 N–H and O–H groups in total. The van der Waals surface area contributed by atoms with Crippen LogP contribution >= 0.6 is 11.8 Å². The first-order valence-electron chi connectivity index (χ1n) is 12.1. The van der Waals surface area contributed by atoms with E-state index in [1.165, 1.54) is 102 Å². The van der Waals surface area contributed by atoms with Gasteiger partial charge in [-0.3, -0.25) is 4.79 Å². The van der Waals surface area contributed by atoms with Crippen molar-refractivity contribution in [2.75, 3.05) is 39.5 Å². The summed E-state index contributed by atoms with van der Waals surface area (Å²) in [5.41, 5.74) is 0. The lowest BCUT2D eigenvalue weighted by Gasteiger charge is -2.28. The highest BCUT2D eigenvalue weighted by Gasteiger charge is 2.14. The third kappa shape index (κ3) is 20.7. The molecule has 0 heterocycles. The fourth-order valence-corrected chi connectivity index (χ4v) is 4.60. The Hall–Kier alpha value is -0.0600. The van der Waals surface area contributed by atoms with Gasteiger partial charge in [0.05, 0.1) is 33.0 Å². The van der Waals surface area contributed by atoms with E-state index in [2.05, 4.69) is 21.0 Å². The number of quaternary nitrogens is 1. The van der Waals surface area contributed by atoms with Crippen LogP contribution in [0.3, 0.4) is 0 Å². The summed E-state index contributed by atoms with van der Waals surface area (Å²) in [5, 5.41) is 9.37. The number of hydrogen-bond donors (Lipinski definition) is 1. The second-order valence-electron chi connectivity index (χ2n) is 9.03. The molecular formula is C24H50NO2S+. The Bertz CT molecular complexity index is 347. The molecule has 0 rings (SSSR count). The van der Waals surface area contributed by atoms with Crippen LogP contribution < -0.4 is 0 Å². The molecule has 4 heteroatoms. The molecule has 0 aromatic carbocycles. The highest BCUT2D eigenvalue weighted by Crippen LogP contribution is 2.15. The van der Waals surface area contributed by atoms with E-state index < -0.39 is 0 Å². The van der Waals surface area contributed by atoms with Gasteiger partial charge >= 0.3 is 0 Å². The molecule has 168 valence electrons. The number of aliphatic hydroxyl groups is 1. The number of rotatable bonds is 21. The minimum Gasteiger partial charge on any atom is -0.391 e. The highest BCUT2D eigenvalue weighted by molar-refractivity contribution is 8.13. The minimum absolute atomic E-state index is 0.213. The van der Waals surface area contributed by atoms with Gasteiger partial charge in [0.25, 0.3) is 0 Å². The van der Waals surface area contributed by atoms with E-state index in [-0.39, 0.29) is 6.61 Å². The lowest BCUT2D eigenvalue weighted by atomic mass is 10.0. The zero-order valence-corrected chi connectivity index (χ0v) is 20.2. The number of likely N-dealkylation sites (N-methyl/N-ethyl adjacent to an activating group) is 1. The Morgan fingerprint density at radius 2 is 1.14 bits per heavy atom. The van der Waals surface area contributed by atoms with Crippen molar-refractivity contribution in [2.24, 2.45) is 0 Å². The lowest BCUT2D eigenvalue weighted by molar-refractivity contribution is -0.888. The molecule has 0 bridgehead atoms. The summed E-state index contributed by atoms with van der Waals surface area (Å²) in [6, 6.07) is 0. The van der Waals surface area contributed by atoms with Crippen molar-refractivity contribution >= 4 is 16.9 Å². The average molecular weight is 417 g/mol. The topological polar surface area (TPSA) is 37.3 Å². The van der Waals surface area contributed by atoms with Crippen molar-refractivity contribution in [1.29, 1.82) is 0 Å². The first kappa shape index (κ1) is 27.9. The normalized spacial score (nSPS) is 11.9. The van der Waals surface area contributed by atoms with Gasteiger partial charge in [-0.25, -0.2) is 0 Å². The monoisotopic (exact) mass is 416 g/mol. The minimum atomic E-state index is 0.213. The molecule has 0 aromatic rings. The molecule has 0 spiro atoms. The van der Waals surface area contributed by atoms with E-state index in [0.717, 1.165) is 36.2 Å². The van der Waals surface area contributed by atoms with E-state index in [9.17, 15) is 4.79 Å². The van der Waals surface area contributed by atoms with Gasteiger partial charge in [-0.15, -0.1) is 0 Å². The number of carbonyl (C=O) groups is 1. The largest absolute Gasteiger partial charge is 0.391 e. The molecule has 0 saturated heterocycles. The van der Waals surface area contributed by atoms with Crippen LogP contribution in [0.1, 0.15) is 110 Å². The smallest absolute Gasteiger partial charge is 0.189 e. The SMILES string of the molecule is CCCCCCCCCCCCCCCCCC(=O)SCC[N+](C)(C)CCO. The first-order chi connectivity index (χ1) is 13.5. The van der Waals surface area contributed by atoms with Crippen LogP contribution in [0.15, 0.2) is 0 Å². The predicted octanol–water partition coefficient (Wildman–Crippen LogP) is 6.58. The number of unbranched alkanes of at least 4 members (excludes halogenated alkanes) is 14.